The summed E-state index contributed by atoms with van der Waals surface area (Å²) in [7, 11) is 0. The molecule has 5 rings (SSSR count). The molecule has 0 spiro atoms. The third kappa shape index (κ3) is 2.70. The Balaban J connectivity index is 2.07. The topological polar surface area (TPSA) is 88.5 Å². The van der Waals surface area contributed by atoms with Crippen molar-refractivity contribution in [1.29, 1.82) is 0 Å². The van der Waals surface area contributed by atoms with Gasteiger partial charge in [0.2, 0.25) is 0 Å². The maximum atomic E-state index is 14.5. The zero-order valence-electron chi connectivity index (χ0n) is 20.9. The summed E-state index contributed by atoms with van der Waals surface area (Å²) in [5, 5.41) is 11.7. The van der Waals surface area contributed by atoms with Gasteiger partial charge in [0.15, 0.2) is 28.5 Å². The van der Waals surface area contributed by atoms with Crippen molar-refractivity contribution >= 4 is 23.1 Å². The van der Waals surface area contributed by atoms with Gasteiger partial charge in [-0.3, -0.25) is 19.2 Å². The quantitative estimate of drug-likeness (QED) is 0.377. The van der Waals surface area contributed by atoms with E-state index in [2.05, 4.69) is 0 Å². The van der Waals surface area contributed by atoms with E-state index < -0.39 is 51.0 Å². The summed E-state index contributed by atoms with van der Waals surface area (Å²) in [6.07, 6.45) is 2.65. The highest BCUT2D eigenvalue weighted by Gasteiger charge is 2.86. The Morgan fingerprint density at radius 2 is 1.47 bits per heavy atom. The van der Waals surface area contributed by atoms with Gasteiger partial charge in [0, 0.05) is 5.56 Å². The lowest BCUT2D eigenvalue weighted by molar-refractivity contribution is -0.223. The van der Waals surface area contributed by atoms with Gasteiger partial charge in [0.05, 0.1) is 16.9 Å². The first-order valence-electron chi connectivity index (χ1n) is 12.0. The molecule has 5 heteroatoms. The summed E-state index contributed by atoms with van der Waals surface area (Å²) in [6, 6.07) is 8.21. The number of hydrogen-bond donors (Lipinski definition) is 1. The fourth-order valence-electron chi connectivity index (χ4n) is 6.84. The summed E-state index contributed by atoms with van der Waals surface area (Å²) < 4.78 is 0. The Labute approximate surface area is 201 Å². The minimum absolute atomic E-state index is 0.122. The Morgan fingerprint density at radius 1 is 0.912 bits per heavy atom. The fraction of sp³-hybridized carbons (Fsp3) is 0.517. The molecule has 0 aromatic heterocycles. The van der Waals surface area contributed by atoms with E-state index in [1.807, 2.05) is 53.7 Å². The van der Waals surface area contributed by atoms with Crippen molar-refractivity contribution in [2.45, 2.75) is 66.9 Å². The first-order chi connectivity index (χ1) is 15.8. The van der Waals surface area contributed by atoms with Gasteiger partial charge in [-0.1, -0.05) is 67.5 Å². The van der Waals surface area contributed by atoms with Crippen molar-refractivity contribution in [3.63, 3.8) is 0 Å². The van der Waals surface area contributed by atoms with Crippen molar-refractivity contribution < 1.29 is 24.3 Å². The highest BCUT2D eigenvalue weighted by atomic mass is 16.3. The lowest BCUT2D eigenvalue weighted by Crippen LogP contribution is -2.84. The maximum absolute atomic E-state index is 14.5. The van der Waals surface area contributed by atoms with Crippen LogP contribution in [0.15, 0.2) is 53.6 Å². The van der Waals surface area contributed by atoms with E-state index in [4.69, 9.17) is 0 Å². The Bertz CT molecular complexity index is 1150. The minimum atomic E-state index is -2.27. The van der Waals surface area contributed by atoms with Crippen molar-refractivity contribution in [1.82, 2.24) is 0 Å². The van der Waals surface area contributed by atoms with Crippen molar-refractivity contribution in [2.75, 3.05) is 0 Å². The first-order valence-corrected chi connectivity index (χ1v) is 12.0. The molecular formula is C29H34O5. The van der Waals surface area contributed by atoms with Crippen LogP contribution in [-0.4, -0.2) is 34.3 Å². The smallest absolute Gasteiger partial charge is 0.186 e. The van der Waals surface area contributed by atoms with Crippen LogP contribution in [0.4, 0.5) is 0 Å². The maximum Gasteiger partial charge on any atom is 0.186 e. The van der Waals surface area contributed by atoms with Gasteiger partial charge in [-0.15, -0.1) is 0 Å². The van der Waals surface area contributed by atoms with Gasteiger partial charge in [-0.2, -0.15) is 0 Å². The van der Waals surface area contributed by atoms with E-state index in [9.17, 15) is 24.3 Å². The standard InChI is InChI=1S/C29H34O5/c1-17(2)12-14-27-16-20-22(31)29(24(27)33,21(30)19-10-8-7-9-11-19)25(34)28(23(27)32,26(20,5)6)15-13-18(3)4/h7-13,20,22,31H,14-16H2,1-6H3/t20-,22+,27-,28+,29-/m0/s1. The number of rotatable bonds is 6. The predicted molar refractivity (Wildman–Crippen MR) is 129 cm³/mol. The average Bonchev–Trinajstić information content (AvgIpc) is 2.78. The van der Waals surface area contributed by atoms with Crippen LogP contribution in [0.3, 0.4) is 0 Å². The van der Waals surface area contributed by atoms with Crippen LogP contribution in [0.5, 0.6) is 0 Å². The first kappa shape index (κ1) is 24.5. The summed E-state index contributed by atoms with van der Waals surface area (Å²) in [4.78, 5) is 57.3. The van der Waals surface area contributed by atoms with Crippen LogP contribution in [0, 0.1) is 27.6 Å². The van der Waals surface area contributed by atoms with Crippen LogP contribution in [0.2, 0.25) is 0 Å². The van der Waals surface area contributed by atoms with Gasteiger partial charge in [-0.05, 0) is 58.3 Å². The van der Waals surface area contributed by atoms with E-state index in [-0.39, 0.29) is 30.6 Å². The summed E-state index contributed by atoms with van der Waals surface area (Å²) >= 11 is 0. The molecule has 1 N–H and O–H groups in total. The molecule has 4 aliphatic rings. The lowest BCUT2D eigenvalue weighted by atomic mass is 9.28. The number of ketones is 4. The van der Waals surface area contributed by atoms with Gasteiger partial charge in [0.1, 0.15) is 0 Å². The Morgan fingerprint density at radius 3 is 2.03 bits per heavy atom. The highest BCUT2D eigenvalue weighted by molar-refractivity contribution is 6.42. The number of carbonyl (C=O) groups excluding carboxylic acids is 4. The molecule has 5 nitrogen and oxygen atoms in total. The number of hydrogen-bond acceptors (Lipinski definition) is 5. The van der Waals surface area contributed by atoms with Crippen molar-refractivity contribution in [3.05, 3.63) is 59.2 Å². The number of allylic oxidation sites excluding steroid dienone is 4. The van der Waals surface area contributed by atoms with Gasteiger partial charge < -0.3 is 5.11 Å². The molecule has 34 heavy (non-hydrogen) atoms. The molecule has 0 amide bonds. The molecule has 4 fully saturated rings. The normalized spacial score (nSPS) is 35.3. The van der Waals surface area contributed by atoms with Crippen LogP contribution < -0.4 is 0 Å². The molecule has 0 unspecified atom stereocenters. The monoisotopic (exact) mass is 462 g/mol. The third-order valence-electron chi connectivity index (χ3n) is 8.85. The largest absolute Gasteiger partial charge is 0.391 e. The van der Waals surface area contributed by atoms with Crippen LogP contribution in [0.1, 0.15) is 71.2 Å². The van der Waals surface area contributed by atoms with E-state index in [0.29, 0.717) is 0 Å². The molecule has 0 heterocycles. The molecule has 4 bridgehead atoms. The second-order valence-corrected chi connectivity index (χ2v) is 11.4. The third-order valence-corrected chi connectivity index (χ3v) is 8.85. The molecule has 180 valence electrons. The molecule has 1 aromatic rings. The second kappa shape index (κ2) is 7.67. The molecule has 0 aliphatic heterocycles. The summed E-state index contributed by atoms with van der Waals surface area (Å²) in [6.45, 7) is 11.3. The lowest BCUT2D eigenvalue weighted by Gasteiger charge is -2.70. The number of aliphatic hydroxyl groups is 1. The number of Topliss-reactive ketones (excluding diaryl/α,β-unsaturated/α-hetero) is 4. The summed E-state index contributed by atoms with van der Waals surface area (Å²) in [5.41, 5.74) is -4.14. The van der Waals surface area contributed by atoms with Gasteiger partial charge in [0.25, 0.3) is 0 Å². The Hall–Kier alpha value is -2.66. The molecular weight excluding hydrogens is 428 g/mol. The fourth-order valence-corrected chi connectivity index (χ4v) is 6.84. The second-order valence-electron chi connectivity index (χ2n) is 11.4. The van der Waals surface area contributed by atoms with Gasteiger partial charge in [-0.25, -0.2) is 0 Å². The number of aliphatic hydroxyl groups excluding tert-OH is 1. The molecule has 1 aromatic carbocycles. The van der Waals surface area contributed by atoms with E-state index in [1.54, 1.807) is 30.3 Å². The molecule has 0 radical (unpaired) electrons. The van der Waals surface area contributed by atoms with E-state index >= 15 is 0 Å². The SMILES string of the molecule is CC(C)=CC[C@@]12C[C@H]3[C@@H](O)[C@@](C(=O)c4ccccc4)(C1=O)C(=O)[C@@](CC=C(C)C)(C2=O)C3(C)C. The van der Waals surface area contributed by atoms with Crippen molar-refractivity contribution in [2.24, 2.45) is 27.6 Å². The van der Waals surface area contributed by atoms with Gasteiger partial charge >= 0.3 is 0 Å². The number of carbonyl (C=O) groups is 4. The zero-order chi connectivity index (χ0) is 25.3. The van der Waals surface area contributed by atoms with E-state index in [0.717, 1.165) is 11.1 Å². The Kier molecular flexibility index (Phi) is 5.52. The molecule has 4 saturated carbocycles. The zero-order valence-corrected chi connectivity index (χ0v) is 20.9. The predicted octanol–water partition coefficient (Wildman–Crippen LogP) is 4.68. The molecule has 0 saturated heterocycles. The number of benzene rings is 1. The van der Waals surface area contributed by atoms with Crippen LogP contribution in [0.25, 0.3) is 0 Å². The van der Waals surface area contributed by atoms with E-state index in [1.165, 1.54) is 0 Å². The molecule has 5 atom stereocenters. The highest BCUT2D eigenvalue weighted by Crippen LogP contribution is 2.73. The van der Waals surface area contributed by atoms with Crippen LogP contribution in [-0.2, 0) is 14.4 Å². The van der Waals surface area contributed by atoms with Crippen molar-refractivity contribution in [3.8, 4) is 0 Å². The minimum Gasteiger partial charge on any atom is -0.391 e. The average molecular weight is 463 g/mol. The molecule has 4 aliphatic carbocycles. The van der Waals surface area contributed by atoms with Crippen LogP contribution >= 0.6 is 0 Å². The summed E-state index contributed by atoms with van der Waals surface area (Å²) in [5.74, 6) is -3.05.